The van der Waals surface area contributed by atoms with E-state index in [1.54, 1.807) is 13.1 Å². The van der Waals surface area contributed by atoms with E-state index in [0.717, 1.165) is 16.1 Å². The summed E-state index contributed by atoms with van der Waals surface area (Å²) in [6, 6.07) is 5.52. The van der Waals surface area contributed by atoms with Gasteiger partial charge in [0, 0.05) is 24.2 Å². The third-order valence-corrected chi connectivity index (χ3v) is 2.51. The number of thiol groups is 1. The molecule has 0 unspecified atom stereocenters. The minimum atomic E-state index is -0.513. The lowest BCUT2D eigenvalue weighted by Gasteiger charge is -2.25. The lowest BCUT2D eigenvalue weighted by Crippen LogP contribution is -2.34. The molecule has 0 radical (unpaired) electrons. The minimum Gasteiger partial charge on any atom is -0.443 e. The number of nitrogens with two attached hydrogens (primary N) is 1. The van der Waals surface area contributed by atoms with Crippen molar-refractivity contribution >= 4 is 24.4 Å². The Morgan fingerprint density at radius 2 is 2.00 bits per heavy atom. The zero-order valence-electron chi connectivity index (χ0n) is 11.2. The largest absolute Gasteiger partial charge is 0.443 e. The molecule has 0 aromatic heterocycles. The first kappa shape index (κ1) is 14.9. The predicted octanol–water partition coefficient (Wildman–Crippen LogP) is 2.81. The van der Waals surface area contributed by atoms with Crippen LogP contribution in [0.25, 0.3) is 0 Å². The molecule has 0 aliphatic carbocycles. The molecule has 100 valence electrons. The maximum absolute atomic E-state index is 11.9. The maximum atomic E-state index is 11.9. The van der Waals surface area contributed by atoms with Gasteiger partial charge in [-0.15, -0.1) is 12.6 Å². The fraction of sp³-hybridized carbons (Fsp3) is 0.462. The normalized spacial score (nSPS) is 11.2. The van der Waals surface area contributed by atoms with Crippen molar-refractivity contribution in [2.75, 3.05) is 11.9 Å². The van der Waals surface area contributed by atoms with Gasteiger partial charge in [-0.05, 0) is 44.5 Å². The highest BCUT2D eigenvalue weighted by Crippen LogP contribution is 2.22. The Morgan fingerprint density at radius 3 is 2.50 bits per heavy atom. The monoisotopic (exact) mass is 268 g/mol. The summed E-state index contributed by atoms with van der Waals surface area (Å²) in [5.41, 5.74) is 6.73. The second-order valence-electron chi connectivity index (χ2n) is 5.10. The van der Waals surface area contributed by atoms with Crippen LogP contribution in [-0.2, 0) is 11.3 Å². The van der Waals surface area contributed by atoms with Crippen LogP contribution < -0.4 is 10.6 Å². The lowest BCUT2D eigenvalue weighted by molar-refractivity contribution is 0.0589. The van der Waals surface area contributed by atoms with E-state index in [9.17, 15) is 4.79 Å². The van der Waals surface area contributed by atoms with E-state index in [0.29, 0.717) is 6.54 Å². The smallest absolute Gasteiger partial charge is 0.414 e. The molecule has 1 rings (SSSR count). The van der Waals surface area contributed by atoms with Gasteiger partial charge in [-0.25, -0.2) is 4.79 Å². The first-order valence-corrected chi connectivity index (χ1v) is 6.17. The van der Waals surface area contributed by atoms with E-state index in [4.69, 9.17) is 10.5 Å². The highest BCUT2D eigenvalue weighted by atomic mass is 32.1. The first-order valence-electron chi connectivity index (χ1n) is 5.72. The molecule has 1 amide bonds. The fourth-order valence-corrected chi connectivity index (χ4v) is 1.70. The van der Waals surface area contributed by atoms with Gasteiger partial charge in [0.2, 0.25) is 0 Å². The van der Waals surface area contributed by atoms with Crippen LogP contribution in [0.4, 0.5) is 10.5 Å². The summed E-state index contributed by atoms with van der Waals surface area (Å²) in [5, 5.41) is 0. The van der Waals surface area contributed by atoms with Crippen molar-refractivity contribution < 1.29 is 9.53 Å². The van der Waals surface area contributed by atoms with Crippen molar-refractivity contribution in [3.05, 3.63) is 23.8 Å². The van der Waals surface area contributed by atoms with Gasteiger partial charge in [0.05, 0.1) is 0 Å². The van der Waals surface area contributed by atoms with Gasteiger partial charge < -0.3 is 10.5 Å². The van der Waals surface area contributed by atoms with Gasteiger partial charge in [0.15, 0.2) is 0 Å². The zero-order chi connectivity index (χ0) is 13.9. The number of carbonyl (C=O) groups excluding carboxylic acids is 1. The summed E-state index contributed by atoms with van der Waals surface area (Å²) >= 11 is 4.29. The average Bonchev–Trinajstić information content (AvgIpc) is 2.24. The van der Waals surface area contributed by atoms with Crippen molar-refractivity contribution in [3.63, 3.8) is 0 Å². The van der Waals surface area contributed by atoms with Crippen LogP contribution in [0, 0.1) is 0 Å². The molecule has 0 saturated heterocycles. The third-order valence-electron chi connectivity index (χ3n) is 2.25. The van der Waals surface area contributed by atoms with Crippen LogP contribution in [0.3, 0.4) is 0 Å². The average molecular weight is 268 g/mol. The van der Waals surface area contributed by atoms with Gasteiger partial charge in [0.1, 0.15) is 5.60 Å². The Morgan fingerprint density at radius 1 is 1.39 bits per heavy atom. The summed E-state index contributed by atoms with van der Waals surface area (Å²) in [7, 11) is 1.66. The highest BCUT2D eigenvalue weighted by Gasteiger charge is 2.20. The van der Waals surface area contributed by atoms with Crippen LogP contribution in [0.2, 0.25) is 0 Å². The molecular formula is C13H20N2O2S. The molecule has 0 heterocycles. The van der Waals surface area contributed by atoms with Gasteiger partial charge in [0.25, 0.3) is 0 Å². The molecule has 1 aromatic rings. The number of nitrogens with zero attached hydrogens (tertiary/aromatic N) is 1. The Hall–Kier alpha value is -1.20. The quantitative estimate of drug-likeness (QED) is 0.811. The number of hydrogen-bond donors (Lipinski definition) is 2. The van der Waals surface area contributed by atoms with Crippen LogP contribution in [0.5, 0.6) is 0 Å². The number of rotatable bonds is 2. The number of hydrogen-bond acceptors (Lipinski definition) is 4. The molecule has 5 heteroatoms. The SMILES string of the molecule is CN(C(=O)OC(C)(C)C)c1cc(S)cc(CN)c1. The van der Waals surface area contributed by atoms with Gasteiger partial charge in [-0.2, -0.15) is 0 Å². The molecule has 0 saturated carbocycles. The number of benzene rings is 1. The summed E-state index contributed by atoms with van der Waals surface area (Å²) in [6.45, 7) is 5.90. The van der Waals surface area contributed by atoms with Crippen LogP contribution in [0.1, 0.15) is 26.3 Å². The lowest BCUT2D eigenvalue weighted by atomic mass is 10.2. The van der Waals surface area contributed by atoms with Crippen molar-refractivity contribution in [1.82, 2.24) is 0 Å². The van der Waals surface area contributed by atoms with Crippen molar-refractivity contribution in [1.29, 1.82) is 0 Å². The molecule has 1 aromatic carbocycles. The summed E-state index contributed by atoms with van der Waals surface area (Å²) in [4.78, 5) is 14.1. The zero-order valence-corrected chi connectivity index (χ0v) is 12.1. The topological polar surface area (TPSA) is 55.6 Å². The summed E-state index contributed by atoms with van der Waals surface area (Å²) < 4.78 is 5.30. The van der Waals surface area contributed by atoms with Crippen molar-refractivity contribution in [3.8, 4) is 0 Å². The molecule has 0 bridgehead atoms. The van der Waals surface area contributed by atoms with Gasteiger partial charge in [-0.1, -0.05) is 0 Å². The molecule has 0 spiro atoms. The minimum absolute atomic E-state index is 0.399. The standard InChI is InChI=1S/C13H20N2O2S/c1-13(2,3)17-12(16)15(4)10-5-9(8-14)6-11(18)7-10/h5-7,18H,8,14H2,1-4H3. The molecule has 18 heavy (non-hydrogen) atoms. The first-order chi connectivity index (χ1) is 8.23. The van der Waals surface area contributed by atoms with E-state index in [2.05, 4.69) is 12.6 Å². The van der Waals surface area contributed by atoms with E-state index in [1.165, 1.54) is 4.90 Å². The molecule has 0 aliphatic heterocycles. The van der Waals surface area contributed by atoms with E-state index < -0.39 is 11.7 Å². The van der Waals surface area contributed by atoms with Gasteiger partial charge in [-0.3, -0.25) is 4.90 Å². The third kappa shape index (κ3) is 4.23. The second-order valence-corrected chi connectivity index (χ2v) is 5.62. The van der Waals surface area contributed by atoms with E-state index in [1.807, 2.05) is 32.9 Å². The Kier molecular flexibility index (Phi) is 4.65. The van der Waals surface area contributed by atoms with E-state index in [-0.39, 0.29) is 0 Å². The molecule has 4 nitrogen and oxygen atoms in total. The van der Waals surface area contributed by atoms with Gasteiger partial charge >= 0.3 is 6.09 Å². The Balaban J connectivity index is 2.93. The fourth-order valence-electron chi connectivity index (χ4n) is 1.40. The number of amides is 1. The van der Waals surface area contributed by atoms with Crippen molar-refractivity contribution in [2.24, 2.45) is 5.73 Å². The summed E-state index contributed by atoms with van der Waals surface area (Å²) in [6.07, 6.45) is -0.399. The van der Waals surface area contributed by atoms with Crippen molar-refractivity contribution in [2.45, 2.75) is 37.8 Å². The highest BCUT2D eigenvalue weighted by molar-refractivity contribution is 7.80. The number of carbonyl (C=O) groups is 1. The van der Waals surface area contributed by atoms with Crippen LogP contribution >= 0.6 is 12.6 Å². The Bertz CT molecular complexity index is 441. The molecule has 0 atom stereocenters. The summed E-state index contributed by atoms with van der Waals surface area (Å²) in [5.74, 6) is 0. The maximum Gasteiger partial charge on any atom is 0.414 e. The molecule has 0 aliphatic rings. The van der Waals surface area contributed by atoms with E-state index >= 15 is 0 Å². The molecular weight excluding hydrogens is 248 g/mol. The predicted molar refractivity (Wildman–Crippen MR) is 76.2 cm³/mol. The molecule has 2 N–H and O–H groups in total. The molecule has 0 fully saturated rings. The van der Waals surface area contributed by atoms with Crippen LogP contribution in [0.15, 0.2) is 23.1 Å². The van der Waals surface area contributed by atoms with Crippen LogP contribution in [-0.4, -0.2) is 18.7 Å². The Labute approximate surface area is 114 Å². The number of anilines is 1. The second kappa shape index (κ2) is 5.63. The number of ether oxygens (including phenoxy) is 1.